The first-order valence-corrected chi connectivity index (χ1v) is 5.67. The van der Waals surface area contributed by atoms with Crippen molar-refractivity contribution in [3.05, 3.63) is 17.5 Å². The van der Waals surface area contributed by atoms with Gasteiger partial charge in [-0.1, -0.05) is 18.0 Å². The van der Waals surface area contributed by atoms with Crippen LogP contribution in [0.2, 0.25) is 0 Å². The lowest BCUT2D eigenvalue weighted by molar-refractivity contribution is 0.0659. The quantitative estimate of drug-likeness (QED) is 0.841. The Morgan fingerprint density at radius 2 is 1.88 bits per heavy atom. The molecule has 1 amide bonds. The van der Waals surface area contributed by atoms with Crippen LogP contribution in [0.15, 0.2) is 10.7 Å². The Morgan fingerprint density at radius 3 is 2.47 bits per heavy atom. The summed E-state index contributed by atoms with van der Waals surface area (Å²) in [6, 6.07) is 0. The zero-order chi connectivity index (χ0) is 12.3. The molecule has 0 bridgehead atoms. The van der Waals surface area contributed by atoms with Gasteiger partial charge in [-0.2, -0.15) is 0 Å². The summed E-state index contributed by atoms with van der Waals surface area (Å²) in [7, 11) is 0. The Labute approximate surface area is 98.2 Å². The zero-order valence-electron chi connectivity index (χ0n) is 9.39. The lowest BCUT2D eigenvalue weighted by Crippen LogP contribution is -2.32. The fourth-order valence-corrected chi connectivity index (χ4v) is 1.96. The van der Waals surface area contributed by atoms with E-state index >= 15 is 0 Å². The molecule has 0 radical (unpaired) electrons. The molecule has 1 aromatic rings. The van der Waals surface area contributed by atoms with Gasteiger partial charge in [-0.3, -0.25) is 4.79 Å². The van der Waals surface area contributed by atoms with Crippen LogP contribution >= 0.6 is 0 Å². The van der Waals surface area contributed by atoms with Crippen molar-refractivity contribution in [3.8, 4) is 0 Å². The number of carbonyl (C=O) groups is 2. The van der Waals surface area contributed by atoms with Gasteiger partial charge in [-0.25, -0.2) is 4.79 Å². The minimum Gasteiger partial charge on any atom is -0.477 e. The number of amides is 1. The van der Waals surface area contributed by atoms with E-state index in [2.05, 4.69) is 5.16 Å². The number of nitrogens with zero attached hydrogens (tertiary/aromatic N) is 2. The first-order chi connectivity index (χ1) is 8.20. The summed E-state index contributed by atoms with van der Waals surface area (Å²) in [5.41, 5.74) is -0.167. The van der Waals surface area contributed by atoms with Crippen molar-refractivity contribution < 1.29 is 19.2 Å². The van der Waals surface area contributed by atoms with Gasteiger partial charge in [-0.05, 0) is 12.8 Å². The van der Waals surface area contributed by atoms with E-state index in [1.54, 1.807) is 4.90 Å². The molecule has 2 rings (SSSR count). The molecular weight excluding hydrogens is 224 g/mol. The monoisotopic (exact) mass is 238 g/mol. The molecule has 6 nitrogen and oxygen atoms in total. The fraction of sp³-hybridized carbons (Fsp3) is 0.545. The van der Waals surface area contributed by atoms with Crippen LogP contribution in [0.25, 0.3) is 0 Å². The van der Waals surface area contributed by atoms with E-state index in [4.69, 9.17) is 9.63 Å². The molecule has 1 saturated heterocycles. The van der Waals surface area contributed by atoms with Gasteiger partial charge in [0, 0.05) is 13.1 Å². The third-order valence-corrected chi connectivity index (χ3v) is 2.89. The number of likely N-dealkylation sites (tertiary alicyclic amines) is 1. The molecule has 0 saturated carbocycles. The van der Waals surface area contributed by atoms with Gasteiger partial charge in [-0.15, -0.1) is 0 Å². The third kappa shape index (κ3) is 2.46. The summed E-state index contributed by atoms with van der Waals surface area (Å²) in [5, 5.41) is 12.3. The maximum absolute atomic E-state index is 12.1. The average molecular weight is 238 g/mol. The topological polar surface area (TPSA) is 83.6 Å². The van der Waals surface area contributed by atoms with Crippen molar-refractivity contribution in [1.29, 1.82) is 0 Å². The number of aromatic nitrogens is 1. The molecule has 1 aromatic heterocycles. The summed E-state index contributed by atoms with van der Waals surface area (Å²) >= 11 is 0. The Hall–Kier alpha value is -1.85. The van der Waals surface area contributed by atoms with Crippen molar-refractivity contribution in [2.75, 3.05) is 13.1 Å². The maximum Gasteiger partial charge on any atom is 0.341 e. The highest BCUT2D eigenvalue weighted by atomic mass is 16.5. The highest BCUT2D eigenvalue weighted by Crippen LogP contribution is 2.16. The van der Waals surface area contributed by atoms with Gasteiger partial charge in [0.15, 0.2) is 0 Å². The van der Waals surface area contributed by atoms with Gasteiger partial charge in [0.05, 0.1) is 6.20 Å². The maximum atomic E-state index is 12.1. The van der Waals surface area contributed by atoms with Gasteiger partial charge in [0.1, 0.15) is 5.56 Å². The average Bonchev–Trinajstić information content (AvgIpc) is 2.64. The van der Waals surface area contributed by atoms with Crippen molar-refractivity contribution in [2.45, 2.75) is 25.7 Å². The molecule has 0 unspecified atom stereocenters. The first-order valence-electron chi connectivity index (χ1n) is 5.67. The minimum atomic E-state index is -1.19. The highest BCUT2D eigenvalue weighted by molar-refractivity contribution is 6.02. The van der Waals surface area contributed by atoms with Gasteiger partial charge < -0.3 is 14.5 Å². The molecule has 92 valence electrons. The number of carboxylic acids is 1. The lowest BCUT2D eigenvalue weighted by Gasteiger charge is -2.18. The zero-order valence-corrected chi connectivity index (χ0v) is 9.39. The number of carbonyl (C=O) groups excluding carboxylic acids is 1. The number of hydrogen-bond donors (Lipinski definition) is 1. The highest BCUT2D eigenvalue weighted by Gasteiger charge is 2.26. The summed E-state index contributed by atoms with van der Waals surface area (Å²) in [4.78, 5) is 24.6. The summed E-state index contributed by atoms with van der Waals surface area (Å²) in [6.07, 6.45) is 5.16. The standard InChI is InChI=1S/C11H14N2O4/c14-10(13-5-3-1-2-4-6-13)9-8(11(15)16)7-12-17-9/h7H,1-6H2,(H,15,16). The van der Waals surface area contributed by atoms with Crippen LogP contribution in [0, 0.1) is 0 Å². The van der Waals surface area contributed by atoms with E-state index in [0.29, 0.717) is 13.1 Å². The molecule has 0 spiro atoms. The Balaban J connectivity index is 2.17. The largest absolute Gasteiger partial charge is 0.477 e. The summed E-state index contributed by atoms with van der Waals surface area (Å²) in [6.45, 7) is 1.30. The van der Waals surface area contributed by atoms with E-state index in [0.717, 1.165) is 31.9 Å². The molecule has 1 N–H and O–H groups in total. The van der Waals surface area contributed by atoms with E-state index in [1.165, 1.54) is 0 Å². The van der Waals surface area contributed by atoms with Crippen molar-refractivity contribution in [2.24, 2.45) is 0 Å². The van der Waals surface area contributed by atoms with Crippen molar-refractivity contribution in [1.82, 2.24) is 10.1 Å². The number of aromatic carboxylic acids is 1. The Kier molecular flexibility index (Phi) is 3.41. The van der Waals surface area contributed by atoms with Gasteiger partial charge in [0.25, 0.3) is 5.91 Å². The van der Waals surface area contributed by atoms with Crippen LogP contribution in [-0.4, -0.2) is 40.1 Å². The van der Waals surface area contributed by atoms with Gasteiger partial charge in [0.2, 0.25) is 5.76 Å². The van der Waals surface area contributed by atoms with Crippen LogP contribution in [0.4, 0.5) is 0 Å². The molecule has 17 heavy (non-hydrogen) atoms. The second-order valence-corrected chi connectivity index (χ2v) is 4.08. The minimum absolute atomic E-state index is 0.167. The molecule has 1 aliphatic heterocycles. The summed E-state index contributed by atoms with van der Waals surface area (Å²) < 4.78 is 4.76. The van der Waals surface area contributed by atoms with E-state index in [1.807, 2.05) is 0 Å². The van der Waals surface area contributed by atoms with E-state index in [9.17, 15) is 9.59 Å². The number of carboxylic acid groups (broad SMARTS) is 1. The lowest BCUT2D eigenvalue weighted by atomic mass is 10.2. The molecular formula is C11H14N2O4. The normalized spacial score (nSPS) is 16.6. The molecule has 2 heterocycles. The fourth-order valence-electron chi connectivity index (χ4n) is 1.96. The van der Waals surface area contributed by atoms with Crippen molar-refractivity contribution >= 4 is 11.9 Å². The molecule has 1 aliphatic rings. The van der Waals surface area contributed by atoms with Crippen LogP contribution in [0.3, 0.4) is 0 Å². The predicted octanol–water partition coefficient (Wildman–Crippen LogP) is 1.39. The predicted molar refractivity (Wildman–Crippen MR) is 57.8 cm³/mol. The third-order valence-electron chi connectivity index (χ3n) is 2.89. The number of hydrogen-bond acceptors (Lipinski definition) is 4. The number of rotatable bonds is 2. The second kappa shape index (κ2) is 4.99. The SMILES string of the molecule is O=C(O)c1cnoc1C(=O)N1CCCCCC1. The van der Waals surface area contributed by atoms with E-state index in [-0.39, 0.29) is 17.2 Å². The van der Waals surface area contributed by atoms with Crippen LogP contribution in [0.1, 0.15) is 46.6 Å². The van der Waals surface area contributed by atoms with Crippen LogP contribution < -0.4 is 0 Å². The molecule has 0 aromatic carbocycles. The Morgan fingerprint density at radius 1 is 1.24 bits per heavy atom. The molecule has 6 heteroatoms. The van der Waals surface area contributed by atoms with Crippen LogP contribution in [0.5, 0.6) is 0 Å². The molecule has 1 fully saturated rings. The van der Waals surface area contributed by atoms with Crippen LogP contribution in [-0.2, 0) is 0 Å². The first kappa shape index (κ1) is 11.6. The molecule has 0 atom stereocenters. The van der Waals surface area contributed by atoms with Gasteiger partial charge >= 0.3 is 5.97 Å². The second-order valence-electron chi connectivity index (χ2n) is 4.08. The summed E-state index contributed by atoms with van der Waals surface area (Å²) in [5.74, 6) is -1.73. The smallest absolute Gasteiger partial charge is 0.341 e. The molecule has 0 aliphatic carbocycles. The van der Waals surface area contributed by atoms with E-state index < -0.39 is 5.97 Å². The Bertz CT molecular complexity index is 419. The van der Waals surface area contributed by atoms with Crippen molar-refractivity contribution in [3.63, 3.8) is 0 Å².